The van der Waals surface area contributed by atoms with E-state index in [2.05, 4.69) is 30.5 Å². The van der Waals surface area contributed by atoms with Crippen molar-refractivity contribution in [1.82, 2.24) is 4.90 Å². The van der Waals surface area contributed by atoms with Crippen molar-refractivity contribution in [1.29, 1.82) is 0 Å². The SMILES string of the molecule is CCC(C)c1ccccc1NC(=S)Nc1sc(C(=O)N(CC)CC)c(C)c1C(=O)OC. The van der Waals surface area contributed by atoms with Crippen molar-refractivity contribution >= 4 is 51.2 Å². The number of amides is 1. The molecule has 0 aliphatic heterocycles. The molecule has 1 amide bonds. The molecule has 8 heteroatoms. The third-order valence-corrected chi connectivity index (χ3v) is 6.76. The fourth-order valence-corrected chi connectivity index (χ4v) is 4.77. The van der Waals surface area contributed by atoms with E-state index >= 15 is 0 Å². The predicted octanol–water partition coefficient (Wildman–Crippen LogP) is 5.65. The number of rotatable bonds is 8. The minimum atomic E-state index is -0.502. The Labute approximate surface area is 194 Å². The van der Waals surface area contributed by atoms with Gasteiger partial charge in [0, 0.05) is 18.8 Å². The van der Waals surface area contributed by atoms with E-state index in [9.17, 15) is 9.59 Å². The zero-order valence-electron chi connectivity index (χ0n) is 19.0. The Morgan fingerprint density at radius 1 is 1.16 bits per heavy atom. The lowest BCUT2D eigenvalue weighted by atomic mass is 9.97. The molecule has 6 nitrogen and oxygen atoms in total. The third kappa shape index (κ3) is 5.62. The Bertz CT molecular complexity index is 952. The molecule has 0 bridgehead atoms. The van der Waals surface area contributed by atoms with Crippen molar-refractivity contribution in [3.8, 4) is 0 Å². The number of nitrogens with zero attached hydrogens (tertiary/aromatic N) is 1. The van der Waals surface area contributed by atoms with E-state index < -0.39 is 5.97 Å². The second kappa shape index (κ2) is 11.2. The standard InChI is InChI=1S/C23H31N3O3S2/c1-7-14(4)16-12-10-11-13-17(16)24-23(30)25-20-18(22(28)29-6)15(5)19(31-20)21(27)26(8-2)9-3/h10-14H,7-9H2,1-6H3,(H2,24,25,30). The van der Waals surface area contributed by atoms with Crippen LogP contribution in [-0.2, 0) is 4.74 Å². The van der Waals surface area contributed by atoms with Gasteiger partial charge < -0.3 is 20.3 Å². The Morgan fingerprint density at radius 3 is 2.39 bits per heavy atom. The maximum atomic E-state index is 12.9. The van der Waals surface area contributed by atoms with Crippen LogP contribution >= 0.6 is 23.6 Å². The quantitative estimate of drug-likeness (QED) is 0.391. The molecule has 0 saturated carbocycles. The van der Waals surface area contributed by atoms with Gasteiger partial charge in [-0.3, -0.25) is 4.79 Å². The first kappa shape index (κ1) is 24.8. The molecule has 0 aliphatic rings. The fraction of sp³-hybridized carbons (Fsp3) is 0.435. The van der Waals surface area contributed by atoms with Crippen molar-refractivity contribution in [2.75, 3.05) is 30.8 Å². The Balaban J connectivity index is 2.36. The highest BCUT2D eigenvalue weighted by Gasteiger charge is 2.27. The van der Waals surface area contributed by atoms with E-state index in [1.165, 1.54) is 24.0 Å². The average molecular weight is 462 g/mol. The number of thiophene rings is 1. The first-order valence-electron chi connectivity index (χ1n) is 10.5. The van der Waals surface area contributed by atoms with Crippen molar-refractivity contribution < 1.29 is 14.3 Å². The highest BCUT2D eigenvalue weighted by molar-refractivity contribution is 7.80. The number of anilines is 2. The van der Waals surface area contributed by atoms with Crippen molar-refractivity contribution in [2.45, 2.75) is 47.0 Å². The van der Waals surface area contributed by atoms with Crippen LogP contribution in [0.4, 0.5) is 10.7 Å². The molecule has 0 aliphatic carbocycles. The number of nitrogens with one attached hydrogen (secondary N) is 2. The van der Waals surface area contributed by atoms with Gasteiger partial charge in [-0.1, -0.05) is 32.0 Å². The number of ether oxygens (including phenoxy) is 1. The van der Waals surface area contributed by atoms with Crippen LogP contribution in [0.2, 0.25) is 0 Å². The van der Waals surface area contributed by atoms with Gasteiger partial charge in [-0.15, -0.1) is 11.3 Å². The van der Waals surface area contributed by atoms with Crippen LogP contribution in [0.1, 0.15) is 71.2 Å². The summed E-state index contributed by atoms with van der Waals surface area (Å²) in [5.41, 5.74) is 3.02. The normalized spacial score (nSPS) is 11.5. The van der Waals surface area contributed by atoms with Crippen molar-refractivity contribution in [2.24, 2.45) is 0 Å². The van der Waals surface area contributed by atoms with Gasteiger partial charge in [-0.2, -0.15) is 0 Å². The number of para-hydroxylation sites is 1. The number of hydrogen-bond acceptors (Lipinski definition) is 5. The van der Waals surface area contributed by atoms with Gasteiger partial charge >= 0.3 is 5.97 Å². The molecule has 2 rings (SSSR count). The largest absolute Gasteiger partial charge is 0.465 e. The summed E-state index contributed by atoms with van der Waals surface area (Å²) in [4.78, 5) is 27.7. The number of methoxy groups -OCH3 is 1. The van der Waals surface area contributed by atoms with Crippen LogP contribution in [0.3, 0.4) is 0 Å². The van der Waals surface area contributed by atoms with Gasteiger partial charge in [0.05, 0.1) is 17.6 Å². The summed E-state index contributed by atoms with van der Waals surface area (Å²) in [6.07, 6.45) is 1.01. The summed E-state index contributed by atoms with van der Waals surface area (Å²) in [6.45, 7) is 11.1. The van der Waals surface area contributed by atoms with Gasteiger partial charge in [-0.25, -0.2) is 4.79 Å². The zero-order chi connectivity index (χ0) is 23.1. The number of carbonyl (C=O) groups excluding carboxylic acids is 2. The maximum absolute atomic E-state index is 12.9. The minimum absolute atomic E-state index is 0.105. The highest BCUT2D eigenvalue weighted by Crippen LogP contribution is 2.35. The average Bonchev–Trinajstić information content (AvgIpc) is 3.09. The lowest BCUT2D eigenvalue weighted by Crippen LogP contribution is -2.30. The molecular weight excluding hydrogens is 430 g/mol. The van der Waals surface area contributed by atoms with E-state index in [-0.39, 0.29) is 5.91 Å². The number of thiocarbonyl (C=S) groups is 1. The van der Waals surface area contributed by atoms with Crippen LogP contribution < -0.4 is 10.6 Å². The summed E-state index contributed by atoms with van der Waals surface area (Å²) in [5.74, 6) is -0.233. The molecule has 1 unspecified atom stereocenters. The monoisotopic (exact) mass is 461 g/mol. The number of esters is 1. The molecule has 2 N–H and O–H groups in total. The van der Waals surface area contributed by atoms with Crippen LogP contribution in [0, 0.1) is 6.92 Å². The first-order valence-corrected chi connectivity index (χ1v) is 11.7. The van der Waals surface area contributed by atoms with Crippen molar-refractivity contribution in [3.05, 3.63) is 45.8 Å². The summed E-state index contributed by atoms with van der Waals surface area (Å²) in [6, 6.07) is 8.01. The molecule has 1 atom stereocenters. The topological polar surface area (TPSA) is 70.7 Å². The van der Waals surface area contributed by atoms with Gasteiger partial charge in [0.15, 0.2) is 5.11 Å². The van der Waals surface area contributed by atoms with Crippen molar-refractivity contribution in [3.63, 3.8) is 0 Å². The van der Waals surface area contributed by atoms with Crippen LogP contribution in [-0.4, -0.2) is 42.1 Å². The lowest BCUT2D eigenvalue weighted by Gasteiger charge is -2.18. The van der Waals surface area contributed by atoms with Gasteiger partial charge in [0.2, 0.25) is 0 Å². The molecular formula is C23H31N3O3S2. The van der Waals surface area contributed by atoms with Gasteiger partial charge in [-0.05, 0) is 62.5 Å². The molecule has 1 aromatic carbocycles. The lowest BCUT2D eigenvalue weighted by molar-refractivity contribution is 0.0601. The Kier molecular flexibility index (Phi) is 9.00. The fourth-order valence-electron chi connectivity index (χ4n) is 3.32. The zero-order valence-corrected chi connectivity index (χ0v) is 20.6. The molecule has 1 heterocycles. The molecule has 168 valence electrons. The smallest absolute Gasteiger partial charge is 0.341 e. The second-order valence-corrected chi connectivity index (χ2v) is 8.63. The number of hydrogen-bond donors (Lipinski definition) is 2. The molecule has 0 spiro atoms. The van der Waals surface area contributed by atoms with E-state index in [1.807, 2.05) is 32.0 Å². The van der Waals surface area contributed by atoms with Gasteiger partial charge in [0.1, 0.15) is 5.00 Å². The number of carbonyl (C=O) groups is 2. The number of benzene rings is 1. The Morgan fingerprint density at radius 2 is 1.81 bits per heavy atom. The van der Waals surface area contributed by atoms with Crippen LogP contribution in [0.25, 0.3) is 0 Å². The minimum Gasteiger partial charge on any atom is -0.465 e. The highest BCUT2D eigenvalue weighted by atomic mass is 32.1. The van der Waals surface area contributed by atoms with E-state index in [1.54, 1.807) is 11.8 Å². The molecule has 0 fully saturated rings. The summed E-state index contributed by atoms with van der Waals surface area (Å²) in [7, 11) is 1.33. The summed E-state index contributed by atoms with van der Waals surface area (Å²) in [5, 5.41) is 7.21. The second-order valence-electron chi connectivity index (χ2n) is 7.21. The van der Waals surface area contributed by atoms with E-state index in [0.29, 0.717) is 45.1 Å². The Hall–Kier alpha value is -2.45. The third-order valence-electron chi connectivity index (χ3n) is 5.36. The predicted molar refractivity (Wildman–Crippen MR) is 133 cm³/mol. The first-order chi connectivity index (χ1) is 14.8. The van der Waals surface area contributed by atoms with Gasteiger partial charge in [0.25, 0.3) is 5.91 Å². The summed E-state index contributed by atoms with van der Waals surface area (Å²) >= 11 is 6.76. The van der Waals surface area contributed by atoms with E-state index in [0.717, 1.165) is 12.1 Å². The molecule has 2 aromatic rings. The molecule has 0 radical (unpaired) electrons. The molecule has 1 aromatic heterocycles. The maximum Gasteiger partial charge on any atom is 0.341 e. The van der Waals surface area contributed by atoms with E-state index in [4.69, 9.17) is 17.0 Å². The molecule has 0 saturated heterocycles. The molecule has 31 heavy (non-hydrogen) atoms. The summed E-state index contributed by atoms with van der Waals surface area (Å²) < 4.78 is 4.97. The van der Waals surface area contributed by atoms with Crippen LogP contribution in [0.5, 0.6) is 0 Å². The van der Waals surface area contributed by atoms with Crippen LogP contribution in [0.15, 0.2) is 24.3 Å².